The standard InChI is InChI=1S/C53H83N5O16/c1-14-40-53(11,67)45(62)30(4)42(60)28(2)23-51(9,66)47(31(5)44(32(6)48(64)72-40)73-41-24-52(10,68-13)46(63)34(8)70-41)74-49-43(61)39(22-29(3)69-49)56(12)21-15-16-36-25-57(55-54-36)26-38-27-58(50(65)71-38)37-19-17-35(18-20-37)33(7)59/h17-20,25,28-32,34,38-41,43-47,49,61-63,66-67H,14-16,21-24,26-27H2,1-13H3/t28-,29-,30+,31+,32-,34+,38+,39+,40-,41+,43-,44+,45-,46+,47-,49+,51-,52-,53-/m1/s1. The Bertz CT molecular complexity index is 2230. The number of ether oxygens (including phenoxy) is 7. The number of esters is 1. The number of Topliss-reactive ketones (excluding diaryl/α,β-unsaturated/α-hetero) is 2. The molecule has 4 saturated heterocycles. The SMILES string of the molecule is CC[C@H]1OC(=O)[C@H](C)[C@@H](O[C@H]2C[C@@](C)(OC)[C@@H](O)[C@H](C)O2)[C@H](C)[C@@H](O[C@@H]2O[C@H](C)C[C@H](N(C)CCCc3cn(C[C@H]4CN(c5ccc(C(C)=O)cc5)C(=O)O4)nn3)[C@H]2O)[C@](C)(O)C[C@@H](C)C(=O)[C@H](C)[C@@H](O)[C@]1(C)O. The van der Waals surface area contributed by atoms with Gasteiger partial charge in [-0.3, -0.25) is 19.3 Å². The van der Waals surface area contributed by atoms with Gasteiger partial charge in [-0.1, -0.05) is 32.9 Å². The summed E-state index contributed by atoms with van der Waals surface area (Å²) in [6.45, 7) is 18.8. The molecular formula is C53H83N5O16. The Hall–Kier alpha value is -4.00. The van der Waals surface area contributed by atoms with Crippen LogP contribution in [0.2, 0.25) is 0 Å². The van der Waals surface area contributed by atoms with Crippen molar-refractivity contribution in [2.24, 2.45) is 23.7 Å². The zero-order valence-corrected chi connectivity index (χ0v) is 45.5. The van der Waals surface area contributed by atoms with E-state index in [1.54, 1.807) is 70.5 Å². The quantitative estimate of drug-likeness (QED) is 0.126. The summed E-state index contributed by atoms with van der Waals surface area (Å²) in [6.07, 6.45) is -8.68. The first-order valence-corrected chi connectivity index (χ1v) is 26.2. The molecule has 21 heteroatoms. The van der Waals surface area contributed by atoms with Crippen molar-refractivity contribution in [3.05, 3.63) is 41.7 Å². The lowest BCUT2D eigenvalue weighted by Crippen LogP contribution is -2.61. The maximum absolute atomic E-state index is 14.4. The minimum atomic E-state index is -2.04. The van der Waals surface area contributed by atoms with Gasteiger partial charge in [0.05, 0.1) is 66.4 Å². The number of aromatic nitrogens is 3. The zero-order valence-electron chi connectivity index (χ0n) is 45.5. The highest BCUT2D eigenvalue weighted by atomic mass is 16.7. The van der Waals surface area contributed by atoms with Gasteiger partial charge in [-0.15, -0.1) is 5.10 Å². The van der Waals surface area contributed by atoms with Gasteiger partial charge in [0.1, 0.15) is 35.8 Å². The third kappa shape index (κ3) is 13.2. The van der Waals surface area contributed by atoms with Crippen LogP contribution in [0.4, 0.5) is 10.5 Å². The second-order valence-corrected chi connectivity index (χ2v) is 22.2. The Balaban J connectivity index is 1.19. The molecule has 5 heterocycles. The number of hydrogen-bond acceptors (Lipinski definition) is 19. The molecule has 1 aromatic heterocycles. The molecule has 5 N–H and O–H groups in total. The molecule has 4 aliphatic rings. The lowest BCUT2D eigenvalue weighted by atomic mass is 9.74. The minimum absolute atomic E-state index is 0.0514. The summed E-state index contributed by atoms with van der Waals surface area (Å²) in [7, 11) is 3.37. The van der Waals surface area contributed by atoms with E-state index in [4.69, 9.17) is 33.2 Å². The maximum Gasteiger partial charge on any atom is 0.414 e. The van der Waals surface area contributed by atoms with Crippen molar-refractivity contribution in [2.75, 3.05) is 32.1 Å². The lowest BCUT2D eigenvalue weighted by Gasteiger charge is -2.49. The highest BCUT2D eigenvalue weighted by molar-refractivity contribution is 5.95. The first kappa shape index (κ1) is 59.2. The number of hydrogen-bond donors (Lipinski definition) is 5. The summed E-state index contributed by atoms with van der Waals surface area (Å²) in [5.41, 5.74) is -3.13. The fourth-order valence-electron chi connectivity index (χ4n) is 11.5. The number of aliphatic hydroxyl groups is 5. The summed E-state index contributed by atoms with van der Waals surface area (Å²) in [6, 6.07) is 6.31. The predicted octanol–water partition coefficient (Wildman–Crippen LogP) is 3.61. The lowest BCUT2D eigenvalue weighted by molar-refractivity contribution is -0.318. The molecule has 0 bridgehead atoms. The number of carbonyl (C=O) groups excluding carboxylic acids is 4. The first-order chi connectivity index (χ1) is 34.6. The molecule has 4 aliphatic heterocycles. The first-order valence-electron chi connectivity index (χ1n) is 26.2. The predicted molar refractivity (Wildman–Crippen MR) is 268 cm³/mol. The summed E-state index contributed by atoms with van der Waals surface area (Å²) in [5.74, 6) is -5.38. The fourth-order valence-corrected chi connectivity index (χ4v) is 11.5. The van der Waals surface area contributed by atoms with E-state index in [2.05, 4.69) is 10.3 Å². The molecule has 19 atom stereocenters. The molecule has 2 aromatic rings. The van der Waals surface area contributed by atoms with Crippen LogP contribution in [-0.2, 0) is 55.7 Å². The van der Waals surface area contributed by atoms with Crippen LogP contribution in [0.15, 0.2) is 30.5 Å². The van der Waals surface area contributed by atoms with Crippen molar-refractivity contribution in [3.63, 3.8) is 0 Å². The van der Waals surface area contributed by atoms with E-state index in [0.29, 0.717) is 50.1 Å². The number of nitrogens with zero attached hydrogens (tertiary/aromatic N) is 5. The molecule has 21 nitrogen and oxygen atoms in total. The molecule has 0 radical (unpaired) electrons. The summed E-state index contributed by atoms with van der Waals surface area (Å²) >= 11 is 0. The van der Waals surface area contributed by atoms with E-state index in [9.17, 15) is 44.7 Å². The molecule has 4 fully saturated rings. The van der Waals surface area contributed by atoms with E-state index in [1.165, 1.54) is 39.7 Å². The Morgan fingerprint density at radius 3 is 2.23 bits per heavy atom. The molecule has 416 valence electrons. The van der Waals surface area contributed by atoms with Crippen molar-refractivity contribution in [3.8, 4) is 0 Å². The maximum atomic E-state index is 14.4. The third-order valence-corrected chi connectivity index (χ3v) is 16.1. The van der Waals surface area contributed by atoms with Crippen LogP contribution in [-0.4, -0.2) is 187 Å². The number of benzene rings is 1. The number of likely N-dealkylation sites (N-methyl/N-ethyl adjacent to an activating group) is 1. The zero-order chi connectivity index (χ0) is 54.8. The average molecular weight is 1050 g/mol. The highest BCUT2D eigenvalue weighted by Gasteiger charge is 2.54. The monoisotopic (exact) mass is 1050 g/mol. The topological polar surface area (TPSA) is 271 Å². The van der Waals surface area contributed by atoms with Crippen molar-refractivity contribution in [1.29, 1.82) is 0 Å². The molecule has 1 amide bonds. The van der Waals surface area contributed by atoms with Crippen LogP contribution < -0.4 is 4.90 Å². The number of cyclic esters (lactones) is 2. The van der Waals surface area contributed by atoms with Crippen LogP contribution in [0.3, 0.4) is 0 Å². The summed E-state index contributed by atoms with van der Waals surface area (Å²) in [5, 5.41) is 67.9. The molecule has 1 aromatic carbocycles. The normalized spacial score (nSPS) is 39.9. The fraction of sp³-hybridized carbons (Fsp3) is 0.774. The number of aliphatic hydroxyl groups excluding tert-OH is 3. The van der Waals surface area contributed by atoms with E-state index in [-0.39, 0.29) is 25.0 Å². The van der Waals surface area contributed by atoms with Crippen molar-refractivity contribution < 1.29 is 77.9 Å². The Kier molecular flexibility index (Phi) is 19.3. The summed E-state index contributed by atoms with van der Waals surface area (Å²) < 4.78 is 45.1. The Morgan fingerprint density at radius 1 is 0.919 bits per heavy atom. The van der Waals surface area contributed by atoms with Gasteiger partial charge in [0.15, 0.2) is 18.4 Å². The smallest absolute Gasteiger partial charge is 0.414 e. The number of anilines is 1. The van der Waals surface area contributed by atoms with Gasteiger partial charge >= 0.3 is 12.1 Å². The van der Waals surface area contributed by atoms with Gasteiger partial charge < -0.3 is 63.6 Å². The second-order valence-electron chi connectivity index (χ2n) is 22.2. The van der Waals surface area contributed by atoms with Crippen LogP contribution in [0.25, 0.3) is 0 Å². The number of amides is 1. The summed E-state index contributed by atoms with van der Waals surface area (Å²) in [4.78, 5) is 56.5. The molecule has 0 unspecified atom stereocenters. The van der Waals surface area contributed by atoms with E-state index in [0.717, 1.165) is 5.69 Å². The largest absolute Gasteiger partial charge is 0.459 e. The minimum Gasteiger partial charge on any atom is -0.459 e. The van der Waals surface area contributed by atoms with Gasteiger partial charge in [-0.05, 0) is 118 Å². The molecule has 74 heavy (non-hydrogen) atoms. The van der Waals surface area contributed by atoms with Gasteiger partial charge in [-0.2, -0.15) is 0 Å². The average Bonchev–Trinajstić information content (AvgIpc) is 3.96. The Morgan fingerprint density at radius 2 is 1.59 bits per heavy atom. The van der Waals surface area contributed by atoms with Crippen LogP contribution >= 0.6 is 0 Å². The van der Waals surface area contributed by atoms with Gasteiger partial charge in [0.2, 0.25) is 0 Å². The highest BCUT2D eigenvalue weighted by Crippen LogP contribution is 2.41. The number of rotatable bonds is 15. The molecular weight excluding hydrogens is 963 g/mol. The molecule has 0 spiro atoms. The van der Waals surface area contributed by atoms with E-state index < -0.39 is 132 Å². The van der Waals surface area contributed by atoms with Crippen molar-refractivity contribution in [2.45, 2.75) is 212 Å². The molecule has 0 aliphatic carbocycles. The van der Waals surface area contributed by atoms with Gasteiger partial charge in [0, 0.05) is 54.8 Å². The molecule has 6 rings (SSSR count). The van der Waals surface area contributed by atoms with Gasteiger partial charge in [-0.25, -0.2) is 9.48 Å². The Labute approximate surface area is 435 Å². The number of aryl methyl sites for hydroxylation is 1. The van der Waals surface area contributed by atoms with Crippen LogP contribution in [0, 0.1) is 23.7 Å². The third-order valence-electron chi connectivity index (χ3n) is 16.1. The number of methoxy groups -OCH3 is 1. The van der Waals surface area contributed by atoms with Crippen LogP contribution in [0.1, 0.15) is 124 Å². The second kappa shape index (κ2) is 24.1. The van der Waals surface area contributed by atoms with Gasteiger partial charge in [0.25, 0.3) is 0 Å². The number of ketones is 2. The number of carbonyl (C=O) groups is 4. The van der Waals surface area contributed by atoms with Crippen LogP contribution in [0.5, 0.6) is 0 Å². The van der Waals surface area contributed by atoms with Crippen molar-refractivity contribution >= 4 is 29.3 Å². The van der Waals surface area contributed by atoms with Crippen molar-refractivity contribution in [1.82, 2.24) is 19.9 Å². The van der Waals surface area contributed by atoms with E-state index in [1.807, 2.05) is 25.1 Å². The molecule has 0 saturated carbocycles. The van der Waals surface area contributed by atoms with E-state index >= 15 is 0 Å².